The fourth-order valence-electron chi connectivity index (χ4n) is 3.13. The molecule has 2 rings (SSSR count). The Morgan fingerprint density at radius 3 is 2.08 bits per heavy atom. The summed E-state index contributed by atoms with van der Waals surface area (Å²) in [6.45, 7) is 0. The van der Waals surface area contributed by atoms with Gasteiger partial charge in [0.1, 0.15) is 11.7 Å². The maximum atomic E-state index is 13.0. The van der Waals surface area contributed by atoms with Crippen molar-refractivity contribution in [3.05, 3.63) is 35.6 Å². The molecule has 0 amide bonds. The fraction of sp³-hybridized carbons (Fsp3) is 0.529. The molecule has 1 saturated carbocycles. The van der Waals surface area contributed by atoms with E-state index < -0.39 is 41.5 Å². The minimum atomic E-state index is -4.26. The molecule has 0 saturated heterocycles. The molecule has 1 aromatic carbocycles. The molecule has 0 aromatic heterocycles. The number of alkyl halides is 3. The van der Waals surface area contributed by atoms with E-state index in [9.17, 15) is 27.2 Å². The Hall–Kier alpha value is -1.92. The lowest BCUT2D eigenvalue weighted by Gasteiger charge is -2.30. The van der Waals surface area contributed by atoms with Gasteiger partial charge < -0.3 is 4.74 Å². The van der Waals surface area contributed by atoms with Crippen molar-refractivity contribution in [2.24, 2.45) is 11.8 Å². The zero-order valence-corrected chi connectivity index (χ0v) is 13.1. The monoisotopic (exact) mass is 346 g/mol. The van der Waals surface area contributed by atoms with Crippen molar-refractivity contribution in [2.45, 2.75) is 37.8 Å². The SMILES string of the molecule is COC(=O)C(C(=O)C1CCC(C(F)(F)F)CC1)c1ccc(F)cc1. The van der Waals surface area contributed by atoms with E-state index in [1.165, 1.54) is 12.1 Å². The Kier molecular flexibility index (Phi) is 5.62. The van der Waals surface area contributed by atoms with E-state index >= 15 is 0 Å². The van der Waals surface area contributed by atoms with E-state index in [0.29, 0.717) is 0 Å². The maximum Gasteiger partial charge on any atom is 0.391 e. The van der Waals surface area contributed by atoms with E-state index in [-0.39, 0.29) is 31.2 Å². The summed E-state index contributed by atoms with van der Waals surface area (Å²) in [5.74, 6) is -5.02. The Labute approximate surface area is 137 Å². The van der Waals surface area contributed by atoms with E-state index in [1.807, 2.05) is 0 Å². The molecular weight excluding hydrogens is 328 g/mol. The summed E-state index contributed by atoms with van der Waals surface area (Å²) >= 11 is 0. The average molecular weight is 346 g/mol. The van der Waals surface area contributed by atoms with E-state index in [4.69, 9.17) is 0 Å². The molecule has 1 aliphatic rings. The Morgan fingerprint density at radius 2 is 1.62 bits per heavy atom. The normalized spacial score (nSPS) is 22.7. The lowest BCUT2D eigenvalue weighted by molar-refractivity contribution is -0.184. The van der Waals surface area contributed by atoms with Crippen molar-refractivity contribution < 1.29 is 31.9 Å². The number of benzene rings is 1. The van der Waals surface area contributed by atoms with Crippen LogP contribution >= 0.6 is 0 Å². The van der Waals surface area contributed by atoms with Crippen molar-refractivity contribution in [1.29, 1.82) is 0 Å². The van der Waals surface area contributed by atoms with Crippen LogP contribution in [0.15, 0.2) is 24.3 Å². The van der Waals surface area contributed by atoms with Gasteiger partial charge in [-0.25, -0.2) is 4.39 Å². The third kappa shape index (κ3) is 4.13. The number of halogens is 4. The van der Waals surface area contributed by atoms with E-state index in [2.05, 4.69) is 4.74 Å². The molecule has 1 fully saturated rings. The van der Waals surface area contributed by atoms with Gasteiger partial charge >= 0.3 is 12.1 Å². The van der Waals surface area contributed by atoms with Crippen LogP contribution in [0.1, 0.15) is 37.2 Å². The number of carbonyl (C=O) groups is 2. The van der Waals surface area contributed by atoms with Gasteiger partial charge in [0.25, 0.3) is 0 Å². The van der Waals surface area contributed by atoms with Gasteiger partial charge in [-0.15, -0.1) is 0 Å². The van der Waals surface area contributed by atoms with E-state index in [1.54, 1.807) is 0 Å². The number of Topliss-reactive ketones (excluding diaryl/α,β-unsaturated/α-hetero) is 1. The zero-order chi connectivity index (χ0) is 17.9. The summed E-state index contributed by atoms with van der Waals surface area (Å²) < 4.78 is 55.8. The molecule has 1 aromatic rings. The summed E-state index contributed by atoms with van der Waals surface area (Å²) in [7, 11) is 1.13. The predicted molar refractivity (Wildman–Crippen MR) is 77.7 cm³/mol. The standard InChI is InChI=1S/C17H18F4O3/c1-24-16(23)14(10-4-8-13(18)9-5-10)15(22)11-2-6-12(7-3-11)17(19,20)21/h4-5,8-9,11-12,14H,2-3,6-7H2,1H3. The molecule has 0 bridgehead atoms. The molecule has 0 aliphatic heterocycles. The van der Waals surface area contributed by atoms with Crippen molar-refractivity contribution in [3.8, 4) is 0 Å². The second kappa shape index (κ2) is 7.32. The quantitative estimate of drug-likeness (QED) is 0.470. The summed E-state index contributed by atoms with van der Waals surface area (Å²) in [5, 5.41) is 0. The van der Waals surface area contributed by atoms with Crippen LogP contribution in [0.4, 0.5) is 17.6 Å². The third-order valence-electron chi connectivity index (χ3n) is 4.52. The minimum absolute atomic E-state index is 0.0811. The lowest BCUT2D eigenvalue weighted by Crippen LogP contribution is -2.34. The Bertz CT molecular complexity index is 587. The van der Waals surface area contributed by atoms with Crippen molar-refractivity contribution >= 4 is 11.8 Å². The Morgan fingerprint density at radius 1 is 1.08 bits per heavy atom. The van der Waals surface area contributed by atoms with Crippen molar-refractivity contribution in [3.63, 3.8) is 0 Å². The summed E-state index contributed by atoms with van der Waals surface area (Å²) in [6.07, 6.45) is -4.35. The van der Waals surface area contributed by atoms with E-state index in [0.717, 1.165) is 19.2 Å². The molecule has 0 heterocycles. The van der Waals surface area contributed by atoms with Crippen LogP contribution in [0.25, 0.3) is 0 Å². The number of hydrogen-bond acceptors (Lipinski definition) is 3. The van der Waals surface area contributed by atoms with Crippen LogP contribution in [0, 0.1) is 17.7 Å². The largest absolute Gasteiger partial charge is 0.468 e. The van der Waals surface area contributed by atoms with Gasteiger partial charge in [-0.05, 0) is 43.4 Å². The van der Waals surface area contributed by atoms with Crippen LogP contribution in [-0.2, 0) is 14.3 Å². The number of carbonyl (C=O) groups excluding carboxylic acids is 2. The van der Waals surface area contributed by atoms with Gasteiger partial charge in [-0.2, -0.15) is 13.2 Å². The smallest absolute Gasteiger partial charge is 0.391 e. The number of ketones is 1. The third-order valence-corrected chi connectivity index (χ3v) is 4.52. The van der Waals surface area contributed by atoms with Gasteiger partial charge in [0.15, 0.2) is 5.78 Å². The number of methoxy groups -OCH3 is 1. The maximum absolute atomic E-state index is 13.0. The number of esters is 1. The van der Waals surface area contributed by atoms with Crippen molar-refractivity contribution in [1.82, 2.24) is 0 Å². The highest BCUT2D eigenvalue weighted by Crippen LogP contribution is 2.41. The first-order chi connectivity index (χ1) is 11.2. The molecule has 1 aliphatic carbocycles. The lowest BCUT2D eigenvalue weighted by atomic mass is 9.75. The number of hydrogen-bond donors (Lipinski definition) is 0. The number of ether oxygens (including phenoxy) is 1. The first-order valence-electron chi connectivity index (χ1n) is 7.67. The summed E-state index contributed by atoms with van der Waals surface area (Å²) in [4.78, 5) is 24.7. The molecule has 1 unspecified atom stereocenters. The first-order valence-corrected chi connectivity index (χ1v) is 7.67. The highest BCUT2D eigenvalue weighted by atomic mass is 19.4. The molecule has 132 valence electrons. The highest BCUT2D eigenvalue weighted by Gasteiger charge is 2.44. The van der Waals surface area contributed by atoms with Gasteiger partial charge in [0.2, 0.25) is 0 Å². The van der Waals surface area contributed by atoms with Gasteiger partial charge in [0, 0.05) is 5.92 Å². The predicted octanol–water partition coefficient (Wildman–Crippen LogP) is 4.02. The van der Waals surface area contributed by atoms with Crippen LogP contribution in [-0.4, -0.2) is 25.0 Å². The Balaban J connectivity index is 2.15. The van der Waals surface area contributed by atoms with Crippen LogP contribution in [0.5, 0.6) is 0 Å². The molecule has 24 heavy (non-hydrogen) atoms. The van der Waals surface area contributed by atoms with Crippen LogP contribution in [0.2, 0.25) is 0 Å². The topological polar surface area (TPSA) is 43.4 Å². The highest BCUT2D eigenvalue weighted by molar-refractivity contribution is 6.05. The first kappa shape index (κ1) is 18.4. The molecular formula is C17H18F4O3. The van der Waals surface area contributed by atoms with Gasteiger partial charge in [-0.1, -0.05) is 12.1 Å². The van der Waals surface area contributed by atoms with Crippen molar-refractivity contribution in [2.75, 3.05) is 7.11 Å². The fourth-order valence-corrected chi connectivity index (χ4v) is 3.13. The molecule has 3 nitrogen and oxygen atoms in total. The summed E-state index contributed by atoms with van der Waals surface area (Å²) in [6, 6.07) is 4.88. The average Bonchev–Trinajstić information content (AvgIpc) is 2.55. The molecule has 0 radical (unpaired) electrons. The number of rotatable bonds is 4. The second-order valence-corrected chi connectivity index (χ2v) is 6.00. The van der Waals surface area contributed by atoms with Gasteiger partial charge in [-0.3, -0.25) is 9.59 Å². The molecule has 0 spiro atoms. The van der Waals surface area contributed by atoms with Crippen LogP contribution in [0.3, 0.4) is 0 Å². The summed E-state index contributed by atoms with van der Waals surface area (Å²) in [5.41, 5.74) is 0.284. The minimum Gasteiger partial charge on any atom is -0.468 e. The molecule has 0 N–H and O–H groups in total. The van der Waals surface area contributed by atoms with Gasteiger partial charge in [0.05, 0.1) is 13.0 Å². The molecule has 7 heteroatoms. The molecule has 1 atom stereocenters. The zero-order valence-electron chi connectivity index (χ0n) is 13.1. The van der Waals surface area contributed by atoms with Crippen LogP contribution < -0.4 is 0 Å². The second-order valence-electron chi connectivity index (χ2n) is 6.00.